The highest BCUT2D eigenvalue weighted by molar-refractivity contribution is 6.04. The number of carbonyl (C=O) groups excluding carboxylic acids is 2. The van der Waals surface area contributed by atoms with E-state index < -0.39 is 11.7 Å². The quantitative estimate of drug-likeness (QED) is 0.404. The Bertz CT molecular complexity index is 1410. The number of benzene rings is 3. The Morgan fingerprint density at radius 1 is 1.00 bits per heavy atom. The van der Waals surface area contributed by atoms with E-state index in [1.54, 1.807) is 20.8 Å². The lowest BCUT2D eigenvalue weighted by molar-refractivity contribution is -0.134. The molecule has 0 bridgehead atoms. The molecule has 204 valence electrons. The number of hydrogen-bond donors (Lipinski definition) is 1. The van der Waals surface area contributed by atoms with E-state index in [1.165, 1.54) is 10.8 Å². The summed E-state index contributed by atoms with van der Waals surface area (Å²) >= 11 is 0. The summed E-state index contributed by atoms with van der Waals surface area (Å²) in [5, 5.41) is 2.33. The fourth-order valence-corrected chi connectivity index (χ4v) is 5.36. The Labute approximate surface area is 230 Å². The predicted molar refractivity (Wildman–Crippen MR) is 155 cm³/mol. The van der Waals surface area contributed by atoms with Gasteiger partial charge in [-0.15, -0.1) is 0 Å². The molecule has 1 atom stereocenters. The normalized spacial score (nSPS) is 18.4. The highest BCUT2D eigenvalue weighted by Gasteiger charge is 2.38. The minimum atomic E-state index is -0.726. The standard InChI is InChI=1S/C31H37N5O3/c1-31(2,3)39-30(38)33-28(32)23-13-12-22-18-27(29(37)35-16-14-34(4)15-17-35)36(26(22)19-23)20-24-10-7-9-21-8-5-6-11-25(21)24/h5-13,19,27H,14-18,20H2,1-4H3,(H2,32,33,38). The molecule has 5 rings (SSSR count). The third-order valence-corrected chi connectivity index (χ3v) is 7.41. The second-order valence-electron chi connectivity index (χ2n) is 11.4. The second-order valence-corrected chi connectivity index (χ2v) is 11.4. The molecule has 8 heteroatoms. The van der Waals surface area contributed by atoms with E-state index in [0.29, 0.717) is 18.5 Å². The first kappa shape index (κ1) is 26.7. The fraction of sp³-hybridized carbons (Fsp3) is 0.387. The third kappa shape index (κ3) is 5.91. The third-order valence-electron chi connectivity index (χ3n) is 7.41. The molecule has 2 N–H and O–H groups in total. The average molecular weight is 528 g/mol. The molecule has 3 aromatic rings. The Morgan fingerprint density at radius 3 is 2.46 bits per heavy atom. The number of fused-ring (bicyclic) bond motifs is 2. The van der Waals surface area contributed by atoms with Crippen LogP contribution in [0.4, 0.5) is 10.5 Å². The number of nitrogens with two attached hydrogens (primary N) is 1. The maximum absolute atomic E-state index is 13.9. The van der Waals surface area contributed by atoms with Gasteiger partial charge in [0.1, 0.15) is 17.5 Å². The summed E-state index contributed by atoms with van der Waals surface area (Å²) in [6.45, 7) is 9.13. The summed E-state index contributed by atoms with van der Waals surface area (Å²) in [5.41, 5.74) is 9.39. The number of carbonyl (C=O) groups is 2. The fourth-order valence-electron chi connectivity index (χ4n) is 5.36. The SMILES string of the molecule is CN1CCN(C(=O)C2Cc3ccc(/C(N)=N/C(=O)OC(C)(C)C)cc3N2Cc2cccc3ccccc23)CC1. The molecule has 0 aromatic heterocycles. The Kier molecular flexibility index (Phi) is 7.32. The summed E-state index contributed by atoms with van der Waals surface area (Å²) < 4.78 is 5.32. The van der Waals surface area contributed by atoms with Gasteiger partial charge >= 0.3 is 6.09 Å². The van der Waals surface area contributed by atoms with Crippen molar-refractivity contribution >= 4 is 34.3 Å². The number of likely N-dealkylation sites (N-methyl/N-ethyl adjacent to an activating group) is 1. The van der Waals surface area contributed by atoms with Gasteiger partial charge in [-0.2, -0.15) is 4.99 Å². The maximum atomic E-state index is 13.9. The molecule has 3 aromatic carbocycles. The van der Waals surface area contributed by atoms with Gasteiger partial charge in [0.15, 0.2) is 0 Å². The van der Waals surface area contributed by atoms with Gasteiger partial charge in [0.25, 0.3) is 0 Å². The molecule has 0 radical (unpaired) electrons. The number of rotatable bonds is 4. The lowest BCUT2D eigenvalue weighted by Crippen LogP contribution is -2.53. The van der Waals surface area contributed by atoms with Crippen LogP contribution in [0.1, 0.15) is 37.5 Å². The Morgan fingerprint density at radius 2 is 1.72 bits per heavy atom. The van der Waals surface area contributed by atoms with Crippen molar-refractivity contribution in [2.24, 2.45) is 10.7 Å². The summed E-state index contributed by atoms with van der Waals surface area (Å²) in [6.07, 6.45) is -0.106. The largest absolute Gasteiger partial charge is 0.442 e. The van der Waals surface area contributed by atoms with Crippen molar-refractivity contribution < 1.29 is 14.3 Å². The summed E-state index contributed by atoms with van der Waals surface area (Å²) in [4.78, 5) is 36.6. The van der Waals surface area contributed by atoms with Crippen LogP contribution in [0.25, 0.3) is 10.8 Å². The average Bonchev–Trinajstić information content (AvgIpc) is 3.25. The zero-order valence-electron chi connectivity index (χ0n) is 23.2. The minimum Gasteiger partial charge on any atom is -0.442 e. The molecular weight excluding hydrogens is 490 g/mol. The van der Waals surface area contributed by atoms with Gasteiger partial charge < -0.3 is 25.2 Å². The lowest BCUT2D eigenvalue weighted by Gasteiger charge is -2.36. The molecule has 2 aliphatic rings. The van der Waals surface area contributed by atoms with E-state index in [1.807, 2.05) is 35.2 Å². The molecule has 2 heterocycles. The van der Waals surface area contributed by atoms with E-state index in [0.717, 1.165) is 43.0 Å². The Balaban J connectivity index is 1.50. The van der Waals surface area contributed by atoms with Gasteiger partial charge in [-0.1, -0.05) is 54.6 Å². The van der Waals surface area contributed by atoms with Crippen LogP contribution in [0.2, 0.25) is 0 Å². The van der Waals surface area contributed by atoms with Gasteiger partial charge in [0.2, 0.25) is 5.91 Å². The molecule has 1 saturated heterocycles. The van der Waals surface area contributed by atoms with Crippen molar-refractivity contribution in [3.63, 3.8) is 0 Å². The van der Waals surface area contributed by atoms with Crippen LogP contribution in [0.15, 0.2) is 65.7 Å². The minimum absolute atomic E-state index is 0.0889. The van der Waals surface area contributed by atoms with Crippen LogP contribution in [0, 0.1) is 0 Å². The number of aliphatic imine (C=N–C) groups is 1. The van der Waals surface area contributed by atoms with Crippen LogP contribution >= 0.6 is 0 Å². The topological polar surface area (TPSA) is 91.5 Å². The van der Waals surface area contributed by atoms with Crippen LogP contribution in [-0.2, 0) is 22.5 Å². The van der Waals surface area contributed by atoms with Gasteiger partial charge in [-0.3, -0.25) is 4.79 Å². The van der Waals surface area contributed by atoms with Crippen molar-refractivity contribution in [3.8, 4) is 0 Å². The number of ether oxygens (including phenoxy) is 1. The molecule has 1 fully saturated rings. The molecule has 0 saturated carbocycles. The van der Waals surface area contributed by atoms with Crippen molar-refractivity contribution in [3.05, 3.63) is 77.4 Å². The summed E-state index contributed by atoms with van der Waals surface area (Å²) in [5.74, 6) is 0.238. The number of anilines is 1. The van der Waals surface area contributed by atoms with E-state index >= 15 is 0 Å². The molecule has 0 spiro atoms. The van der Waals surface area contributed by atoms with Crippen LogP contribution < -0.4 is 10.6 Å². The first-order chi connectivity index (χ1) is 18.6. The number of amides is 2. The molecular formula is C31H37N5O3. The van der Waals surface area contributed by atoms with Crippen molar-refractivity contribution in [2.45, 2.75) is 45.4 Å². The van der Waals surface area contributed by atoms with E-state index in [9.17, 15) is 9.59 Å². The molecule has 8 nitrogen and oxygen atoms in total. The number of piperazine rings is 1. The molecule has 2 amide bonds. The highest BCUT2D eigenvalue weighted by Crippen LogP contribution is 2.36. The number of hydrogen-bond acceptors (Lipinski definition) is 5. The van der Waals surface area contributed by atoms with Gasteiger partial charge in [-0.05, 0) is 55.8 Å². The highest BCUT2D eigenvalue weighted by atomic mass is 16.6. The smallest absolute Gasteiger partial charge is 0.436 e. The van der Waals surface area contributed by atoms with Crippen LogP contribution in [0.3, 0.4) is 0 Å². The predicted octanol–water partition coefficient (Wildman–Crippen LogP) is 4.19. The van der Waals surface area contributed by atoms with Crippen LogP contribution in [-0.4, -0.2) is 72.5 Å². The van der Waals surface area contributed by atoms with Gasteiger partial charge in [-0.25, -0.2) is 4.79 Å². The van der Waals surface area contributed by atoms with E-state index in [-0.39, 0.29) is 17.8 Å². The molecule has 0 aliphatic carbocycles. The summed E-state index contributed by atoms with van der Waals surface area (Å²) in [6, 6.07) is 20.1. The maximum Gasteiger partial charge on any atom is 0.436 e. The molecule has 1 unspecified atom stereocenters. The van der Waals surface area contributed by atoms with Crippen LogP contribution in [0.5, 0.6) is 0 Å². The van der Waals surface area contributed by atoms with E-state index in [2.05, 4.69) is 52.2 Å². The second kappa shape index (κ2) is 10.7. The zero-order valence-corrected chi connectivity index (χ0v) is 23.2. The number of amidine groups is 1. The molecule has 39 heavy (non-hydrogen) atoms. The number of nitrogens with zero attached hydrogens (tertiary/aromatic N) is 4. The van der Waals surface area contributed by atoms with Crippen molar-refractivity contribution in [1.29, 1.82) is 0 Å². The zero-order chi connectivity index (χ0) is 27.7. The van der Waals surface area contributed by atoms with Gasteiger partial charge in [0.05, 0.1) is 0 Å². The van der Waals surface area contributed by atoms with Crippen molar-refractivity contribution in [1.82, 2.24) is 9.80 Å². The monoisotopic (exact) mass is 527 g/mol. The van der Waals surface area contributed by atoms with E-state index in [4.69, 9.17) is 10.5 Å². The van der Waals surface area contributed by atoms with Crippen molar-refractivity contribution in [2.75, 3.05) is 38.1 Å². The Hall–Kier alpha value is -3.91. The van der Waals surface area contributed by atoms with Gasteiger partial charge in [0, 0.05) is 50.4 Å². The lowest BCUT2D eigenvalue weighted by atomic mass is 10.0. The molecule has 2 aliphatic heterocycles. The first-order valence-electron chi connectivity index (χ1n) is 13.5. The first-order valence-corrected chi connectivity index (χ1v) is 13.5. The summed E-state index contributed by atoms with van der Waals surface area (Å²) in [7, 11) is 2.09.